The number of rotatable bonds is 5. The second-order valence-corrected chi connectivity index (χ2v) is 7.05. The Hall–Kier alpha value is -3.12. The van der Waals surface area contributed by atoms with Crippen molar-refractivity contribution >= 4 is 33.4 Å². The number of thiazole rings is 1. The molecule has 0 saturated heterocycles. The summed E-state index contributed by atoms with van der Waals surface area (Å²) in [4.78, 5) is 18.2. The molecule has 136 valence electrons. The quantitative estimate of drug-likeness (QED) is 0.501. The van der Waals surface area contributed by atoms with E-state index < -0.39 is 0 Å². The van der Waals surface area contributed by atoms with Crippen molar-refractivity contribution in [1.29, 1.82) is 0 Å². The lowest BCUT2D eigenvalue weighted by Gasteiger charge is -2.13. The van der Waals surface area contributed by atoms with Crippen LogP contribution in [-0.4, -0.2) is 23.6 Å². The Bertz CT molecular complexity index is 1270. The van der Waals surface area contributed by atoms with Crippen LogP contribution < -0.4 is 19.6 Å². The molecule has 0 amide bonds. The van der Waals surface area contributed by atoms with Crippen LogP contribution in [-0.2, 0) is 6.42 Å². The number of methoxy groups -OCH3 is 2. The Labute approximate surface area is 159 Å². The van der Waals surface area contributed by atoms with Crippen LogP contribution in [0.1, 0.15) is 11.1 Å². The lowest BCUT2D eigenvalue weighted by atomic mass is 10.1. The molecule has 0 unspecified atom stereocenters. The molecule has 0 spiro atoms. The molecule has 0 bridgehead atoms. The van der Waals surface area contributed by atoms with E-state index in [0.29, 0.717) is 27.4 Å². The number of nitrogens with zero attached hydrogens (tertiary/aromatic N) is 2. The van der Waals surface area contributed by atoms with Crippen LogP contribution in [0.5, 0.6) is 11.5 Å². The number of benzene rings is 2. The van der Waals surface area contributed by atoms with Gasteiger partial charge in [0.25, 0.3) is 5.56 Å². The van der Waals surface area contributed by atoms with E-state index in [1.54, 1.807) is 18.6 Å². The summed E-state index contributed by atoms with van der Waals surface area (Å²) in [5, 5.41) is 0. The molecule has 0 atom stereocenters. The van der Waals surface area contributed by atoms with E-state index in [1.807, 2.05) is 48.6 Å². The van der Waals surface area contributed by atoms with Crippen LogP contribution in [0.15, 0.2) is 53.8 Å². The van der Waals surface area contributed by atoms with Crippen LogP contribution in [0.4, 0.5) is 0 Å². The zero-order chi connectivity index (χ0) is 19.0. The Morgan fingerprint density at radius 1 is 1.22 bits per heavy atom. The van der Waals surface area contributed by atoms with E-state index in [9.17, 15) is 4.79 Å². The van der Waals surface area contributed by atoms with Gasteiger partial charge in [0.15, 0.2) is 16.5 Å². The fraction of sp³-hybridized carbons (Fsp3) is 0.143. The minimum atomic E-state index is -0.0660. The van der Waals surface area contributed by atoms with E-state index >= 15 is 0 Å². The second kappa shape index (κ2) is 6.89. The van der Waals surface area contributed by atoms with Gasteiger partial charge in [0.2, 0.25) is 0 Å². The molecule has 0 aliphatic rings. The van der Waals surface area contributed by atoms with Gasteiger partial charge in [-0.2, -0.15) is 0 Å². The maximum absolute atomic E-state index is 12.9. The van der Waals surface area contributed by atoms with Crippen molar-refractivity contribution in [2.45, 2.75) is 6.42 Å². The maximum Gasteiger partial charge on any atom is 0.274 e. The largest absolute Gasteiger partial charge is 0.493 e. The van der Waals surface area contributed by atoms with Crippen molar-refractivity contribution in [1.82, 2.24) is 9.38 Å². The van der Waals surface area contributed by atoms with E-state index in [2.05, 4.69) is 11.6 Å². The van der Waals surface area contributed by atoms with E-state index in [0.717, 1.165) is 22.2 Å². The highest BCUT2D eigenvalue weighted by Crippen LogP contribution is 2.33. The summed E-state index contributed by atoms with van der Waals surface area (Å²) in [6.45, 7) is 3.80. The van der Waals surface area contributed by atoms with Crippen LogP contribution in [0, 0.1) is 0 Å². The van der Waals surface area contributed by atoms with Gasteiger partial charge in [-0.25, -0.2) is 9.38 Å². The molecule has 5 nitrogen and oxygen atoms in total. The first-order valence-electron chi connectivity index (χ1n) is 8.43. The average molecular weight is 378 g/mol. The van der Waals surface area contributed by atoms with Crippen LogP contribution >= 0.6 is 11.3 Å². The summed E-state index contributed by atoms with van der Waals surface area (Å²) in [7, 11) is 3.21. The number of aromatic nitrogens is 2. The first kappa shape index (κ1) is 17.3. The maximum atomic E-state index is 12.9. The highest BCUT2D eigenvalue weighted by atomic mass is 32.1. The van der Waals surface area contributed by atoms with E-state index in [1.165, 1.54) is 11.3 Å². The summed E-state index contributed by atoms with van der Waals surface area (Å²) in [6.07, 6.45) is 4.32. The molecule has 2 aromatic heterocycles. The number of ether oxygens (including phenoxy) is 2. The van der Waals surface area contributed by atoms with Crippen molar-refractivity contribution in [2.75, 3.05) is 14.2 Å². The number of hydrogen-bond acceptors (Lipinski definition) is 5. The summed E-state index contributed by atoms with van der Waals surface area (Å²) in [5.41, 5.74) is 3.41. The zero-order valence-corrected chi connectivity index (χ0v) is 15.9. The second-order valence-electron chi connectivity index (χ2n) is 6.04. The van der Waals surface area contributed by atoms with Gasteiger partial charge in [0.05, 0.1) is 29.8 Å². The first-order valence-corrected chi connectivity index (χ1v) is 9.25. The third kappa shape index (κ3) is 2.88. The molecule has 0 fully saturated rings. The topological polar surface area (TPSA) is 52.8 Å². The predicted octanol–water partition coefficient (Wildman–Crippen LogP) is 3.20. The van der Waals surface area contributed by atoms with Crippen molar-refractivity contribution in [3.8, 4) is 11.5 Å². The molecule has 6 heteroatoms. The number of allylic oxidation sites excluding steroid dienone is 1. The lowest BCUT2D eigenvalue weighted by molar-refractivity contribution is 0.352. The smallest absolute Gasteiger partial charge is 0.274 e. The van der Waals surface area contributed by atoms with Crippen LogP contribution in [0.25, 0.3) is 22.1 Å². The SMILES string of the molecule is C=CCc1cc(/C=c2/sc3nc4ccccc4n3c2=O)cc(OC)c1OC. The molecule has 0 aliphatic carbocycles. The minimum absolute atomic E-state index is 0.0660. The zero-order valence-electron chi connectivity index (χ0n) is 15.1. The van der Waals surface area contributed by atoms with Crippen LogP contribution in [0.3, 0.4) is 0 Å². The van der Waals surface area contributed by atoms with Crippen molar-refractivity contribution < 1.29 is 9.47 Å². The predicted molar refractivity (Wildman–Crippen MR) is 109 cm³/mol. The molecule has 0 aliphatic heterocycles. The van der Waals surface area contributed by atoms with E-state index in [-0.39, 0.29) is 5.56 Å². The number of imidazole rings is 1. The molecule has 4 rings (SSSR count). The third-order valence-electron chi connectivity index (χ3n) is 4.39. The highest BCUT2D eigenvalue weighted by Gasteiger charge is 2.13. The molecular formula is C21H18N2O3S. The van der Waals surface area contributed by atoms with Gasteiger partial charge in [0, 0.05) is 5.56 Å². The summed E-state index contributed by atoms with van der Waals surface area (Å²) >= 11 is 1.38. The Morgan fingerprint density at radius 3 is 2.78 bits per heavy atom. The van der Waals surface area contributed by atoms with Gasteiger partial charge in [-0.05, 0) is 42.3 Å². The number of hydrogen-bond donors (Lipinski definition) is 0. The van der Waals surface area contributed by atoms with Gasteiger partial charge in [0.1, 0.15) is 0 Å². The molecular weight excluding hydrogens is 360 g/mol. The minimum Gasteiger partial charge on any atom is -0.493 e. The molecule has 0 saturated carbocycles. The molecule has 4 aromatic rings. The van der Waals surface area contributed by atoms with Crippen molar-refractivity contribution in [3.05, 3.63) is 75.1 Å². The standard InChI is InChI=1S/C21H18N2O3S/c1-4-7-14-10-13(11-17(25-2)19(14)26-3)12-18-20(24)23-16-9-6-5-8-15(16)22-21(23)27-18/h4-6,8-12H,1,7H2,2-3H3/b18-12+. The van der Waals surface area contributed by atoms with Gasteiger partial charge in [-0.1, -0.05) is 29.5 Å². The Kier molecular flexibility index (Phi) is 4.41. The monoisotopic (exact) mass is 378 g/mol. The van der Waals surface area contributed by atoms with E-state index in [4.69, 9.17) is 9.47 Å². The van der Waals surface area contributed by atoms with Gasteiger partial charge in [-0.3, -0.25) is 4.79 Å². The van der Waals surface area contributed by atoms with Gasteiger partial charge >= 0.3 is 0 Å². The van der Waals surface area contributed by atoms with Gasteiger partial charge in [-0.15, -0.1) is 6.58 Å². The summed E-state index contributed by atoms with van der Waals surface area (Å²) < 4.78 is 13.2. The number of fused-ring (bicyclic) bond motifs is 3. The van der Waals surface area contributed by atoms with Crippen LogP contribution in [0.2, 0.25) is 0 Å². The van der Waals surface area contributed by atoms with Crippen molar-refractivity contribution in [3.63, 3.8) is 0 Å². The third-order valence-corrected chi connectivity index (χ3v) is 5.35. The average Bonchev–Trinajstić information content (AvgIpc) is 3.18. The first-order chi connectivity index (χ1) is 13.2. The molecule has 2 aromatic carbocycles. The Balaban J connectivity index is 1.93. The number of para-hydroxylation sites is 2. The normalized spacial score (nSPS) is 12.0. The fourth-order valence-electron chi connectivity index (χ4n) is 3.22. The summed E-state index contributed by atoms with van der Waals surface area (Å²) in [6, 6.07) is 11.5. The Morgan fingerprint density at radius 2 is 2.04 bits per heavy atom. The summed E-state index contributed by atoms with van der Waals surface area (Å²) in [5.74, 6) is 1.31. The fourth-order valence-corrected chi connectivity index (χ4v) is 4.21. The molecule has 0 radical (unpaired) electrons. The molecule has 27 heavy (non-hydrogen) atoms. The molecule has 2 heterocycles. The van der Waals surface area contributed by atoms with Crippen molar-refractivity contribution in [2.24, 2.45) is 0 Å². The molecule has 0 N–H and O–H groups in total. The van der Waals surface area contributed by atoms with Gasteiger partial charge < -0.3 is 9.47 Å². The lowest BCUT2D eigenvalue weighted by Crippen LogP contribution is -2.22. The highest BCUT2D eigenvalue weighted by molar-refractivity contribution is 7.15.